The van der Waals surface area contributed by atoms with Crippen molar-refractivity contribution in [1.82, 2.24) is 9.88 Å². The van der Waals surface area contributed by atoms with Crippen LogP contribution in [0.15, 0.2) is 30.5 Å². The van der Waals surface area contributed by atoms with Gasteiger partial charge in [-0.2, -0.15) is 0 Å². The van der Waals surface area contributed by atoms with Crippen molar-refractivity contribution < 1.29 is 13.9 Å². The number of halogens is 1. The fraction of sp³-hybridized carbons (Fsp3) is 0.500. The first kappa shape index (κ1) is 15.8. The summed E-state index contributed by atoms with van der Waals surface area (Å²) in [5.41, 5.74) is 0.420. The molecule has 1 heterocycles. The summed E-state index contributed by atoms with van der Waals surface area (Å²) in [5, 5.41) is 3.98. The number of carbonyl (C=O) groups is 1. The first-order valence-corrected chi connectivity index (χ1v) is 8.07. The fourth-order valence-corrected chi connectivity index (χ4v) is 3.26. The highest BCUT2D eigenvalue weighted by atomic mass is 19.1. The number of rotatable bonds is 2. The Labute approximate surface area is 135 Å². The first-order valence-electron chi connectivity index (χ1n) is 8.07. The Bertz CT molecular complexity index is 717. The average Bonchev–Trinajstić information content (AvgIpc) is 3.02. The van der Waals surface area contributed by atoms with E-state index in [1.54, 1.807) is 12.1 Å². The van der Waals surface area contributed by atoms with Crippen LogP contribution >= 0.6 is 0 Å². The number of amides is 1. The number of nitrogens with one attached hydrogen (secondary N) is 1. The third kappa shape index (κ3) is 3.66. The Morgan fingerprint density at radius 2 is 2.09 bits per heavy atom. The summed E-state index contributed by atoms with van der Waals surface area (Å²) in [5.74, 6) is -0.223. The van der Waals surface area contributed by atoms with Crippen molar-refractivity contribution in [3.8, 4) is 0 Å². The van der Waals surface area contributed by atoms with E-state index in [0.29, 0.717) is 0 Å². The molecule has 5 heteroatoms. The summed E-state index contributed by atoms with van der Waals surface area (Å²) in [6.45, 7) is 5.56. The molecular weight excluding hydrogens is 295 g/mol. The third-order valence-corrected chi connectivity index (χ3v) is 4.20. The van der Waals surface area contributed by atoms with E-state index in [4.69, 9.17) is 4.74 Å². The Balaban J connectivity index is 1.67. The zero-order chi connectivity index (χ0) is 16.6. The van der Waals surface area contributed by atoms with Gasteiger partial charge in [-0.05, 0) is 69.7 Å². The van der Waals surface area contributed by atoms with Crippen molar-refractivity contribution in [1.29, 1.82) is 0 Å². The second kappa shape index (κ2) is 5.87. The quantitative estimate of drug-likeness (QED) is 0.892. The lowest BCUT2D eigenvalue weighted by Crippen LogP contribution is -2.38. The highest BCUT2D eigenvalue weighted by Crippen LogP contribution is 2.33. The smallest absolute Gasteiger partial charge is 0.407 e. The lowest BCUT2D eigenvalue weighted by molar-refractivity contribution is 0.0505. The molecule has 2 atom stereocenters. The minimum atomic E-state index is -0.490. The van der Waals surface area contributed by atoms with E-state index >= 15 is 0 Å². The topological polar surface area (TPSA) is 43.3 Å². The van der Waals surface area contributed by atoms with Crippen molar-refractivity contribution >= 4 is 17.0 Å². The molecule has 1 fully saturated rings. The van der Waals surface area contributed by atoms with Crippen LogP contribution in [0.25, 0.3) is 10.9 Å². The van der Waals surface area contributed by atoms with Crippen LogP contribution in [0, 0.1) is 5.82 Å². The van der Waals surface area contributed by atoms with E-state index in [1.807, 2.05) is 33.0 Å². The number of fused-ring (bicyclic) bond motifs is 1. The zero-order valence-electron chi connectivity index (χ0n) is 13.8. The Morgan fingerprint density at radius 1 is 1.30 bits per heavy atom. The normalized spacial score (nSPS) is 21.6. The largest absolute Gasteiger partial charge is 0.444 e. The Kier molecular flexibility index (Phi) is 4.04. The molecule has 0 unspecified atom stereocenters. The van der Waals surface area contributed by atoms with Gasteiger partial charge in [-0.15, -0.1) is 0 Å². The van der Waals surface area contributed by atoms with Crippen molar-refractivity contribution in [2.75, 3.05) is 0 Å². The second-order valence-electron chi connectivity index (χ2n) is 7.24. The molecule has 1 amide bonds. The van der Waals surface area contributed by atoms with E-state index in [-0.39, 0.29) is 24.0 Å². The molecule has 0 spiro atoms. The standard InChI is InChI=1S/C18H23FN2O2/c1-18(2,3)23-17(22)20-14-6-7-15(11-14)21-9-8-12-4-5-13(19)10-16(12)21/h4-5,8-10,14-15H,6-7,11H2,1-3H3,(H,20,22)/t14-,15+/m0/s1. The molecule has 1 aliphatic rings. The lowest BCUT2D eigenvalue weighted by Gasteiger charge is -2.22. The van der Waals surface area contributed by atoms with E-state index < -0.39 is 5.60 Å². The van der Waals surface area contributed by atoms with Gasteiger partial charge in [0, 0.05) is 18.3 Å². The number of hydrogen-bond acceptors (Lipinski definition) is 2. The van der Waals surface area contributed by atoms with Gasteiger partial charge >= 0.3 is 6.09 Å². The molecule has 23 heavy (non-hydrogen) atoms. The maximum Gasteiger partial charge on any atom is 0.407 e. The van der Waals surface area contributed by atoms with Crippen molar-refractivity contribution in [2.24, 2.45) is 0 Å². The summed E-state index contributed by atoms with van der Waals surface area (Å²) < 4.78 is 20.9. The summed E-state index contributed by atoms with van der Waals surface area (Å²) >= 11 is 0. The van der Waals surface area contributed by atoms with Crippen LogP contribution < -0.4 is 5.32 Å². The monoisotopic (exact) mass is 318 g/mol. The molecule has 0 saturated heterocycles. The highest BCUT2D eigenvalue weighted by Gasteiger charge is 2.29. The molecule has 1 aromatic heterocycles. The molecule has 3 rings (SSSR count). The maximum absolute atomic E-state index is 13.5. The van der Waals surface area contributed by atoms with Gasteiger partial charge in [0.2, 0.25) is 0 Å². The van der Waals surface area contributed by atoms with Gasteiger partial charge < -0.3 is 14.6 Å². The molecule has 0 bridgehead atoms. The van der Waals surface area contributed by atoms with Crippen LogP contribution in [-0.2, 0) is 4.74 Å². The second-order valence-corrected chi connectivity index (χ2v) is 7.24. The van der Waals surface area contributed by atoms with Crippen LogP contribution in [0.1, 0.15) is 46.1 Å². The van der Waals surface area contributed by atoms with Gasteiger partial charge in [0.05, 0.1) is 5.52 Å². The number of carbonyl (C=O) groups excluding carboxylic acids is 1. The minimum Gasteiger partial charge on any atom is -0.444 e. The number of benzene rings is 1. The molecule has 1 aromatic carbocycles. The fourth-order valence-electron chi connectivity index (χ4n) is 3.26. The molecule has 1 N–H and O–H groups in total. The van der Waals surface area contributed by atoms with Crippen LogP contribution in [0.2, 0.25) is 0 Å². The number of nitrogens with zero attached hydrogens (tertiary/aromatic N) is 1. The number of ether oxygens (including phenoxy) is 1. The van der Waals surface area contributed by atoms with Crippen LogP contribution in [0.3, 0.4) is 0 Å². The van der Waals surface area contributed by atoms with Gasteiger partial charge in [-0.1, -0.05) is 0 Å². The van der Waals surface area contributed by atoms with Gasteiger partial charge in [0.1, 0.15) is 11.4 Å². The Morgan fingerprint density at radius 3 is 2.83 bits per heavy atom. The number of alkyl carbamates (subject to hydrolysis) is 1. The minimum absolute atomic E-state index is 0.0980. The van der Waals surface area contributed by atoms with E-state index in [1.165, 1.54) is 6.07 Å². The predicted octanol–water partition coefficient (Wildman–Crippen LogP) is 4.40. The predicted molar refractivity (Wildman–Crippen MR) is 87.9 cm³/mol. The number of hydrogen-bond donors (Lipinski definition) is 1. The molecule has 1 aliphatic carbocycles. The molecule has 1 saturated carbocycles. The molecular formula is C18H23FN2O2. The first-order chi connectivity index (χ1) is 10.8. The zero-order valence-corrected chi connectivity index (χ0v) is 13.8. The summed E-state index contributed by atoms with van der Waals surface area (Å²) in [6, 6.07) is 7.23. The summed E-state index contributed by atoms with van der Waals surface area (Å²) in [6.07, 6.45) is 4.33. The SMILES string of the molecule is CC(C)(C)OC(=O)N[C@H]1CC[C@@H](n2ccc3ccc(F)cc32)C1. The van der Waals surface area contributed by atoms with Gasteiger partial charge in [-0.25, -0.2) is 9.18 Å². The molecule has 2 aromatic rings. The molecule has 4 nitrogen and oxygen atoms in total. The van der Waals surface area contributed by atoms with Gasteiger partial charge in [0.15, 0.2) is 0 Å². The number of aromatic nitrogens is 1. The molecule has 0 radical (unpaired) electrons. The summed E-state index contributed by atoms with van der Waals surface area (Å²) in [4.78, 5) is 11.9. The molecule has 0 aliphatic heterocycles. The third-order valence-electron chi connectivity index (χ3n) is 4.20. The average molecular weight is 318 g/mol. The van der Waals surface area contributed by atoms with E-state index in [9.17, 15) is 9.18 Å². The summed E-state index contributed by atoms with van der Waals surface area (Å²) in [7, 11) is 0. The van der Waals surface area contributed by atoms with Crippen LogP contribution in [0.5, 0.6) is 0 Å². The highest BCUT2D eigenvalue weighted by molar-refractivity contribution is 5.80. The lowest BCUT2D eigenvalue weighted by atomic mass is 10.2. The van der Waals surface area contributed by atoms with Crippen molar-refractivity contribution in [3.63, 3.8) is 0 Å². The molecule has 124 valence electrons. The van der Waals surface area contributed by atoms with Gasteiger partial charge in [-0.3, -0.25) is 0 Å². The van der Waals surface area contributed by atoms with Gasteiger partial charge in [0.25, 0.3) is 0 Å². The van der Waals surface area contributed by atoms with E-state index in [2.05, 4.69) is 9.88 Å². The van der Waals surface area contributed by atoms with Crippen LogP contribution in [0.4, 0.5) is 9.18 Å². The Hall–Kier alpha value is -2.04. The van der Waals surface area contributed by atoms with E-state index in [0.717, 1.165) is 30.2 Å². The van der Waals surface area contributed by atoms with Crippen LogP contribution in [-0.4, -0.2) is 22.3 Å². The maximum atomic E-state index is 13.5. The van der Waals surface area contributed by atoms with Crippen molar-refractivity contribution in [2.45, 2.75) is 57.7 Å². The van der Waals surface area contributed by atoms with Crippen molar-refractivity contribution in [3.05, 3.63) is 36.3 Å².